The van der Waals surface area contributed by atoms with Crippen molar-refractivity contribution in [3.8, 4) is 0 Å². The molecule has 2 rings (SSSR count). The minimum atomic E-state index is -0.333. The summed E-state index contributed by atoms with van der Waals surface area (Å²) in [5.41, 5.74) is 0.757. The number of nitrogens with zero attached hydrogens (tertiary/aromatic N) is 2. The fraction of sp³-hybridized carbons (Fsp3) is 0.600. The lowest BCUT2D eigenvalue weighted by molar-refractivity contribution is 0.104. The molecule has 1 aliphatic carbocycles. The molecule has 0 spiro atoms. The maximum absolute atomic E-state index is 9.86. The molecule has 1 aromatic heterocycles. The summed E-state index contributed by atoms with van der Waals surface area (Å²) in [6.45, 7) is 0. The molecule has 0 amide bonds. The summed E-state index contributed by atoms with van der Waals surface area (Å²) in [5.74, 6) is 0.0525. The van der Waals surface area contributed by atoms with Gasteiger partial charge in [-0.1, -0.05) is 24.4 Å². The molecule has 1 heterocycles. The lowest BCUT2D eigenvalue weighted by Crippen LogP contribution is -2.23. The van der Waals surface area contributed by atoms with Gasteiger partial charge in [0.1, 0.15) is 5.15 Å². The Morgan fingerprint density at radius 1 is 1.20 bits per heavy atom. The van der Waals surface area contributed by atoms with E-state index in [-0.39, 0.29) is 17.3 Å². The van der Waals surface area contributed by atoms with Crippen LogP contribution in [0.1, 0.15) is 37.3 Å². The van der Waals surface area contributed by atoms with Gasteiger partial charge in [-0.2, -0.15) is 0 Å². The lowest BCUT2D eigenvalue weighted by Gasteiger charge is -2.26. The number of aromatic nitrogens is 2. The molecule has 1 saturated carbocycles. The number of hydrogen-bond donors (Lipinski definition) is 1. The third-order valence-corrected chi connectivity index (χ3v) is 3.16. The van der Waals surface area contributed by atoms with Crippen molar-refractivity contribution in [3.05, 3.63) is 22.2 Å². The van der Waals surface area contributed by atoms with Gasteiger partial charge in [-0.15, -0.1) is 0 Å². The normalized spacial score (nSPS) is 26.6. The van der Waals surface area contributed by atoms with E-state index in [1.807, 2.05) is 0 Å². The number of hydrogen-bond acceptors (Lipinski definition) is 3. The third-order valence-electron chi connectivity index (χ3n) is 2.80. The average Bonchev–Trinajstić information content (AvgIpc) is 2.16. The van der Waals surface area contributed by atoms with Crippen molar-refractivity contribution < 1.29 is 5.11 Å². The maximum Gasteiger partial charge on any atom is 0.224 e. The fourth-order valence-corrected chi connectivity index (χ4v) is 2.48. The van der Waals surface area contributed by atoms with Crippen molar-refractivity contribution in [2.75, 3.05) is 0 Å². The molecule has 0 bridgehead atoms. The molecule has 2 atom stereocenters. The van der Waals surface area contributed by atoms with Crippen LogP contribution in [-0.4, -0.2) is 21.2 Å². The van der Waals surface area contributed by atoms with Crippen molar-refractivity contribution >= 4 is 23.2 Å². The number of halogens is 2. The van der Waals surface area contributed by atoms with E-state index >= 15 is 0 Å². The standard InChI is InChI=1S/C10H12Cl2N2O/c11-9-5-7(13-10(12)14-9)6-3-1-2-4-8(6)15/h5-6,8,15H,1-4H2. The molecule has 1 N–H and O–H groups in total. The average molecular weight is 247 g/mol. The van der Waals surface area contributed by atoms with Crippen molar-refractivity contribution in [2.24, 2.45) is 0 Å². The first-order valence-electron chi connectivity index (χ1n) is 5.05. The summed E-state index contributed by atoms with van der Waals surface area (Å²) in [5, 5.41) is 10.3. The van der Waals surface area contributed by atoms with Gasteiger partial charge in [0.15, 0.2) is 0 Å². The topological polar surface area (TPSA) is 46.0 Å². The molecule has 0 radical (unpaired) electrons. The molecule has 82 valence electrons. The van der Waals surface area contributed by atoms with E-state index in [4.69, 9.17) is 23.2 Å². The molecule has 2 unspecified atom stereocenters. The molecule has 1 aromatic rings. The van der Waals surface area contributed by atoms with Crippen molar-refractivity contribution in [3.63, 3.8) is 0 Å². The molecule has 0 aromatic carbocycles. The molecular formula is C10H12Cl2N2O. The molecule has 3 nitrogen and oxygen atoms in total. The second-order valence-corrected chi connectivity index (χ2v) is 4.57. The molecular weight excluding hydrogens is 235 g/mol. The number of aliphatic hydroxyl groups is 1. The Bertz CT molecular complexity index is 339. The minimum Gasteiger partial charge on any atom is -0.392 e. The molecule has 15 heavy (non-hydrogen) atoms. The summed E-state index contributed by atoms with van der Waals surface area (Å²) in [7, 11) is 0. The van der Waals surface area contributed by atoms with Crippen molar-refractivity contribution in [1.82, 2.24) is 9.97 Å². The molecule has 0 aliphatic heterocycles. The number of aliphatic hydroxyl groups excluding tert-OH is 1. The summed E-state index contributed by atoms with van der Waals surface area (Å²) in [6, 6.07) is 1.69. The molecule has 5 heteroatoms. The maximum atomic E-state index is 9.86. The predicted octanol–water partition coefficient (Wildman–Crippen LogP) is 2.80. The van der Waals surface area contributed by atoms with Crippen LogP contribution in [0.15, 0.2) is 6.07 Å². The highest BCUT2D eigenvalue weighted by Gasteiger charge is 2.26. The third kappa shape index (κ3) is 2.60. The smallest absolute Gasteiger partial charge is 0.224 e. The summed E-state index contributed by atoms with van der Waals surface area (Å²) in [6.07, 6.45) is 3.61. The van der Waals surface area contributed by atoms with Gasteiger partial charge in [0.05, 0.1) is 11.8 Å². The van der Waals surface area contributed by atoms with Crippen LogP contribution < -0.4 is 0 Å². The van der Waals surface area contributed by atoms with Crippen molar-refractivity contribution in [2.45, 2.75) is 37.7 Å². The second kappa shape index (κ2) is 4.64. The van der Waals surface area contributed by atoms with E-state index in [9.17, 15) is 5.11 Å². The summed E-state index contributed by atoms with van der Waals surface area (Å²) < 4.78 is 0. The second-order valence-electron chi connectivity index (χ2n) is 3.84. The van der Waals surface area contributed by atoms with Gasteiger partial charge in [0, 0.05) is 5.92 Å². The predicted molar refractivity (Wildman–Crippen MR) is 59.3 cm³/mol. The van der Waals surface area contributed by atoms with E-state index in [1.54, 1.807) is 6.07 Å². The first-order chi connectivity index (χ1) is 7.16. The fourth-order valence-electron chi connectivity index (χ4n) is 2.05. The lowest BCUT2D eigenvalue weighted by atomic mass is 9.84. The Hall–Kier alpha value is -0.380. The van der Waals surface area contributed by atoms with Crippen molar-refractivity contribution in [1.29, 1.82) is 0 Å². The van der Waals surface area contributed by atoms with Gasteiger partial charge in [0.2, 0.25) is 5.28 Å². The van der Waals surface area contributed by atoms with Gasteiger partial charge in [-0.25, -0.2) is 9.97 Å². The van der Waals surface area contributed by atoms with Gasteiger partial charge in [-0.05, 0) is 30.5 Å². The van der Waals surface area contributed by atoms with Crippen LogP contribution >= 0.6 is 23.2 Å². The Labute approximate surface area is 98.5 Å². The van der Waals surface area contributed by atoms with Gasteiger partial charge in [-0.3, -0.25) is 0 Å². The highest BCUT2D eigenvalue weighted by molar-refractivity contribution is 6.31. The van der Waals surface area contributed by atoms with Crippen LogP contribution in [0.4, 0.5) is 0 Å². The molecule has 1 aliphatic rings. The van der Waals surface area contributed by atoms with Crippen LogP contribution in [0.3, 0.4) is 0 Å². The Kier molecular flexibility index (Phi) is 3.44. The van der Waals surface area contributed by atoms with E-state index in [0.29, 0.717) is 5.15 Å². The Morgan fingerprint density at radius 2 is 1.93 bits per heavy atom. The highest BCUT2D eigenvalue weighted by atomic mass is 35.5. The van der Waals surface area contributed by atoms with Gasteiger partial charge >= 0.3 is 0 Å². The Morgan fingerprint density at radius 3 is 2.60 bits per heavy atom. The highest BCUT2D eigenvalue weighted by Crippen LogP contribution is 2.33. The van der Waals surface area contributed by atoms with Gasteiger partial charge in [0.25, 0.3) is 0 Å². The van der Waals surface area contributed by atoms with Crippen LogP contribution in [0, 0.1) is 0 Å². The summed E-state index contributed by atoms with van der Waals surface area (Å²) >= 11 is 11.5. The SMILES string of the molecule is OC1CCCCC1c1cc(Cl)nc(Cl)n1. The quantitative estimate of drug-likeness (QED) is 0.613. The van der Waals surface area contributed by atoms with Crippen LogP contribution in [0.2, 0.25) is 10.4 Å². The van der Waals surface area contributed by atoms with Crippen LogP contribution in [0.25, 0.3) is 0 Å². The summed E-state index contributed by atoms with van der Waals surface area (Å²) in [4.78, 5) is 7.91. The zero-order valence-electron chi connectivity index (χ0n) is 8.16. The zero-order valence-corrected chi connectivity index (χ0v) is 9.67. The Balaban J connectivity index is 2.27. The first kappa shape index (κ1) is 11.1. The van der Waals surface area contributed by atoms with E-state index in [2.05, 4.69) is 9.97 Å². The largest absolute Gasteiger partial charge is 0.392 e. The van der Waals surface area contributed by atoms with Gasteiger partial charge < -0.3 is 5.11 Å². The van der Waals surface area contributed by atoms with E-state index in [1.165, 1.54) is 0 Å². The van der Waals surface area contributed by atoms with Crippen LogP contribution in [-0.2, 0) is 0 Å². The van der Waals surface area contributed by atoms with E-state index in [0.717, 1.165) is 31.4 Å². The molecule has 0 saturated heterocycles. The first-order valence-corrected chi connectivity index (χ1v) is 5.80. The monoisotopic (exact) mass is 246 g/mol. The van der Waals surface area contributed by atoms with Crippen LogP contribution in [0.5, 0.6) is 0 Å². The zero-order chi connectivity index (χ0) is 10.8. The van der Waals surface area contributed by atoms with E-state index < -0.39 is 0 Å². The minimum absolute atomic E-state index is 0.0525. The molecule has 1 fully saturated rings. The number of rotatable bonds is 1.